The number of hydrogen-bond donors (Lipinski definition) is 0. The van der Waals surface area contributed by atoms with Crippen molar-refractivity contribution in [2.45, 2.75) is 87.0 Å². The summed E-state index contributed by atoms with van der Waals surface area (Å²) in [5.41, 5.74) is 0. The van der Waals surface area contributed by atoms with Crippen LogP contribution < -0.4 is 0 Å². The Labute approximate surface area is 141 Å². The predicted octanol–water partition coefficient (Wildman–Crippen LogP) is 5.67. The molecule has 0 rings (SSSR count). The van der Waals surface area contributed by atoms with Crippen LogP contribution in [0.25, 0.3) is 0 Å². The van der Waals surface area contributed by atoms with Gasteiger partial charge in [0, 0.05) is 37.6 Å². The molecule has 2 nitrogen and oxygen atoms in total. The van der Waals surface area contributed by atoms with E-state index in [9.17, 15) is 0 Å². The van der Waals surface area contributed by atoms with E-state index in [-0.39, 0.29) is 23.9 Å². The van der Waals surface area contributed by atoms with Crippen molar-refractivity contribution in [2.24, 2.45) is 0 Å². The largest absolute Gasteiger partial charge is 0.359 e. The van der Waals surface area contributed by atoms with E-state index in [0.29, 0.717) is 6.79 Å². The minimum Gasteiger partial charge on any atom is -0.359 e. The molecule has 0 aliphatic carbocycles. The Morgan fingerprint density at radius 3 is 0.895 bits per heavy atom. The summed E-state index contributed by atoms with van der Waals surface area (Å²) in [4.78, 5) is 0. The number of methoxy groups -OCH3 is 1. The monoisotopic (exact) mass is 384 g/mol. The zero-order chi connectivity index (χ0) is 15.1. The topological polar surface area (TPSA) is 18.5 Å². The second kappa shape index (κ2) is 51.2. The average molecular weight is 383 g/mol. The molecule has 0 aliphatic rings. The number of ether oxygens (including phenoxy) is 2. The zero-order valence-corrected chi connectivity index (χ0v) is 17.8. The Kier molecular flexibility index (Phi) is 85.9. The molecule has 0 aromatic carbocycles. The molecule has 3 heteroatoms. The Morgan fingerprint density at radius 1 is 0.579 bits per heavy atom. The van der Waals surface area contributed by atoms with Gasteiger partial charge in [-0.1, -0.05) is 80.1 Å². The molecule has 0 aromatic rings. The molecular formula is C16H40O2Sn. The molecule has 19 heavy (non-hydrogen) atoms. The average Bonchev–Trinajstić information content (AvgIpc) is 2.45. The van der Waals surface area contributed by atoms with Crippen LogP contribution in [0.4, 0.5) is 0 Å². The smallest absolute Gasteiger partial charge is 0.146 e. The summed E-state index contributed by atoms with van der Waals surface area (Å²) in [6.45, 7) is 16.2. The van der Waals surface area contributed by atoms with Crippen LogP contribution >= 0.6 is 0 Å². The Bertz CT molecular complexity index is 61.6. The summed E-state index contributed by atoms with van der Waals surface area (Å²) in [6, 6.07) is 0. The van der Waals surface area contributed by atoms with E-state index >= 15 is 0 Å². The van der Waals surface area contributed by atoms with Crippen molar-refractivity contribution < 1.29 is 9.47 Å². The van der Waals surface area contributed by atoms with Gasteiger partial charge in [0.25, 0.3) is 0 Å². The first-order valence-electron chi connectivity index (χ1n) is 7.72. The van der Waals surface area contributed by atoms with Crippen molar-refractivity contribution in [1.82, 2.24) is 0 Å². The summed E-state index contributed by atoms with van der Waals surface area (Å²) in [7, 11) is 1.61. The van der Waals surface area contributed by atoms with Crippen LogP contribution in [-0.4, -0.2) is 44.4 Å². The number of unbranched alkanes of at least 4 members (excludes halogenated alkanes) is 3. The zero-order valence-electron chi connectivity index (χ0n) is 15.0. The van der Waals surface area contributed by atoms with Gasteiger partial charge in [-0.15, -0.1) is 0 Å². The first-order valence-corrected chi connectivity index (χ1v) is 7.72. The standard InChI is InChI=1S/C4H10O2.3C4H10.Sn/c1-3-6-4-5-2;3*1-3-4-2;/h3-4H2,1-2H3;3*3-4H2,1-2H3;. The van der Waals surface area contributed by atoms with Gasteiger partial charge in [-0.05, 0) is 6.92 Å². The summed E-state index contributed by atoms with van der Waals surface area (Å²) < 4.78 is 9.32. The Morgan fingerprint density at radius 2 is 0.842 bits per heavy atom. The molecule has 0 fully saturated rings. The van der Waals surface area contributed by atoms with E-state index in [1.54, 1.807) is 7.11 Å². The van der Waals surface area contributed by atoms with E-state index in [1.165, 1.54) is 38.5 Å². The van der Waals surface area contributed by atoms with Crippen molar-refractivity contribution in [3.05, 3.63) is 0 Å². The van der Waals surface area contributed by atoms with Gasteiger partial charge in [-0.2, -0.15) is 0 Å². The first kappa shape index (κ1) is 31.9. The predicted molar refractivity (Wildman–Crippen MR) is 91.0 cm³/mol. The molecule has 0 amide bonds. The van der Waals surface area contributed by atoms with E-state index in [2.05, 4.69) is 46.3 Å². The fourth-order valence-corrected chi connectivity index (χ4v) is 0.167. The van der Waals surface area contributed by atoms with E-state index < -0.39 is 0 Å². The van der Waals surface area contributed by atoms with Crippen molar-refractivity contribution >= 4 is 23.9 Å². The van der Waals surface area contributed by atoms with E-state index in [4.69, 9.17) is 4.74 Å². The maximum Gasteiger partial charge on any atom is 0.146 e. The van der Waals surface area contributed by atoms with Crippen LogP contribution in [0.1, 0.15) is 87.0 Å². The quantitative estimate of drug-likeness (QED) is 0.335. The van der Waals surface area contributed by atoms with Gasteiger partial charge >= 0.3 is 0 Å². The SMILES string of the molecule is CCCC.CCCC.CCCC.CCOCOC.[Sn]. The molecule has 0 N–H and O–H groups in total. The Balaban J connectivity index is -0.0000000459. The summed E-state index contributed by atoms with van der Waals surface area (Å²) >= 11 is 0. The minimum atomic E-state index is 0. The molecule has 4 radical (unpaired) electrons. The molecule has 0 saturated heterocycles. The molecule has 0 saturated carbocycles. The van der Waals surface area contributed by atoms with E-state index in [0.717, 1.165) is 6.61 Å². The van der Waals surface area contributed by atoms with Gasteiger partial charge in [-0.3, -0.25) is 0 Å². The maximum atomic E-state index is 4.76. The van der Waals surface area contributed by atoms with Crippen LogP contribution in [-0.2, 0) is 9.47 Å². The third-order valence-electron chi connectivity index (χ3n) is 1.91. The van der Waals surface area contributed by atoms with Crippen LogP contribution in [0.3, 0.4) is 0 Å². The molecule has 0 bridgehead atoms. The van der Waals surface area contributed by atoms with Crippen molar-refractivity contribution in [3.63, 3.8) is 0 Å². The minimum absolute atomic E-state index is 0. The van der Waals surface area contributed by atoms with Gasteiger partial charge in [0.2, 0.25) is 0 Å². The van der Waals surface area contributed by atoms with Crippen LogP contribution in [0, 0.1) is 0 Å². The molecule has 120 valence electrons. The second-order valence-electron chi connectivity index (χ2n) is 3.90. The molecule has 0 unspecified atom stereocenters. The maximum absolute atomic E-state index is 4.76. The summed E-state index contributed by atoms with van der Waals surface area (Å²) in [5, 5.41) is 0. The van der Waals surface area contributed by atoms with Crippen molar-refractivity contribution in [3.8, 4) is 0 Å². The van der Waals surface area contributed by atoms with Gasteiger partial charge in [0.1, 0.15) is 6.79 Å². The van der Waals surface area contributed by atoms with Gasteiger partial charge in [0.05, 0.1) is 0 Å². The first-order chi connectivity index (χ1) is 8.66. The third kappa shape index (κ3) is 116. The van der Waals surface area contributed by atoms with Gasteiger partial charge in [-0.25, -0.2) is 0 Å². The molecule has 0 aromatic heterocycles. The van der Waals surface area contributed by atoms with E-state index in [1.807, 2.05) is 6.92 Å². The fraction of sp³-hybridized carbons (Fsp3) is 1.00. The third-order valence-corrected chi connectivity index (χ3v) is 1.91. The summed E-state index contributed by atoms with van der Waals surface area (Å²) in [5.74, 6) is 0. The molecule has 0 heterocycles. The fourth-order valence-electron chi connectivity index (χ4n) is 0.167. The Hall–Kier alpha value is 0.719. The van der Waals surface area contributed by atoms with Gasteiger partial charge in [0.15, 0.2) is 0 Å². The van der Waals surface area contributed by atoms with Crippen molar-refractivity contribution in [2.75, 3.05) is 20.5 Å². The normalized spacial score (nSPS) is 7.58. The second-order valence-corrected chi connectivity index (χ2v) is 3.90. The summed E-state index contributed by atoms with van der Waals surface area (Å²) in [6.07, 6.45) is 7.92. The molecule has 0 atom stereocenters. The number of rotatable bonds is 6. The van der Waals surface area contributed by atoms with Crippen LogP contribution in [0.5, 0.6) is 0 Å². The van der Waals surface area contributed by atoms with Crippen molar-refractivity contribution in [1.29, 1.82) is 0 Å². The van der Waals surface area contributed by atoms with Gasteiger partial charge < -0.3 is 9.47 Å². The molecule has 0 aliphatic heterocycles. The number of hydrogen-bond acceptors (Lipinski definition) is 2. The molecule has 0 spiro atoms. The molecular weight excluding hydrogens is 343 g/mol. The van der Waals surface area contributed by atoms with Crippen LogP contribution in [0.15, 0.2) is 0 Å². The van der Waals surface area contributed by atoms with Crippen LogP contribution in [0.2, 0.25) is 0 Å².